The lowest BCUT2D eigenvalue weighted by Crippen LogP contribution is -2.22. The van der Waals surface area contributed by atoms with Gasteiger partial charge in [-0.2, -0.15) is 0 Å². The molecule has 2 aromatic carbocycles. The molecule has 0 spiro atoms. The van der Waals surface area contributed by atoms with Crippen LogP contribution in [0.15, 0.2) is 24.3 Å². The second kappa shape index (κ2) is 15.2. The molecule has 0 saturated carbocycles. The van der Waals surface area contributed by atoms with Crippen molar-refractivity contribution in [2.45, 2.75) is 145 Å². The summed E-state index contributed by atoms with van der Waals surface area (Å²) in [5.41, 5.74) is 12.1. The Morgan fingerprint density at radius 3 is 1.03 bits per heavy atom. The molecule has 0 aliphatic heterocycles. The maximum Gasteiger partial charge on any atom is 0.0720 e. The van der Waals surface area contributed by atoms with Crippen molar-refractivity contribution in [2.75, 3.05) is 13.2 Å². The zero-order valence-corrected chi connectivity index (χ0v) is 26.6. The van der Waals surface area contributed by atoms with Gasteiger partial charge in [-0.05, 0) is 107 Å². The normalized spacial score (nSPS) is 12.4. The minimum Gasteiger partial charge on any atom is -0.374 e. The molecule has 38 heavy (non-hydrogen) atoms. The fraction of sp³-hybridized carbons (Fsp3) is 0.667. The van der Waals surface area contributed by atoms with Crippen LogP contribution in [0.1, 0.15) is 139 Å². The van der Waals surface area contributed by atoms with Crippen molar-refractivity contribution in [3.05, 3.63) is 68.8 Å². The highest BCUT2D eigenvalue weighted by Crippen LogP contribution is 2.37. The third-order valence-electron chi connectivity index (χ3n) is 9.68. The molecule has 0 N–H and O–H groups in total. The highest BCUT2D eigenvalue weighted by molar-refractivity contribution is 5.43. The van der Waals surface area contributed by atoms with E-state index < -0.39 is 0 Å². The highest BCUT2D eigenvalue weighted by atomic mass is 16.5. The monoisotopic (exact) mass is 522 g/mol. The molecule has 0 fully saturated rings. The van der Waals surface area contributed by atoms with Crippen LogP contribution < -0.4 is 0 Å². The summed E-state index contributed by atoms with van der Waals surface area (Å²) in [6, 6.07) is 9.79. The number of hydrogen-bond acceptors (Lipinski definition) is 2. The molecule has 0 radical (unpaired) electrons. The van der Waals surface area contributed by atoms with Gasteiger partial charge in [-0.15, -0.1) is 0 Å². The Kier molecular flexibility index (Phi) is 13.1. The maximum atomic E-state index is 6.15. The quantitative estimate of drug-likeness (QED) is 0.192. The molecule has 0 amide bonds. The van der Waals surface area contributed by atoms with Crippen LogP contribution in [0.4, 0.5) is 0 Å². The lowest BCUT2D eigenvalue weighted by atomic mass is 9.74. The molecule has 0 aliphatic carbocycles. The zero-order valence-electron chi connectivity index (χ0n) is 26.6. The SMILES string of the molecule is CCc1cc(C(C)(CC)CC)c(CC)cc1COCCOCc1cc(CC)c(C(C)(CC)CC)cc1CC. The van der Waals surface area contributed by atoms with E-state index in [2.05, 4.69) is 93.5 Å². The second-order valence-corrected chi connectivity index (χ2v) is 11.6. The van der Waals surface area contributed by atoms with E-state index in [1.807, 2.05) is 0 Å². The third kappa shape index (κ3) is 7.51. The summed E-state index contributed by atoms with van der Waals surface area (Å²) >= 11 is 0. The van der Waals surface area contributed by atoms with E-state index in [1.54, 1.807) is 0 Å². The summed E-state index contributed by atoms with van der Waals surface area (Å²) in [5, 5.41) is 0. The molecule has 0 aliphatic rings. The molecule has 2 nitrogen and oxygen atoms in total. The van der Waals surface area contributed by atoms with Crippen molar-refractivity contribution in [1.82, 2.24) is 0 Å². The van der Waals surface area contributed by atoms with Crippen molar-refractivity contribution in [3.63, 3.8) is 0 Å². The Bertz CT molecular complexity index is 913. The summed E-state index contributed by atoms with van der Waals surface area (Å²) in [7, 11) is 0. The highest BCUT2D eigenvalue weighted by Gasteiger charge is 2.27. The van der Waals surface area contributed by atoms with E-state index in [0.717, 1.165) is 25.7 Å². The van der Waals surface area contributed by atoms with Crippen LogP contribution >= 0.6 is 0 Å². The van der Waals surface area contributed by atoms with Crippen molar-refractivity contribution in [2.24, 2.45) is 0 Å². The van der Waals surface area contributed by atoms with Gasteiger partial charge in [0, 0.05) is 0 Å². The Morgan fingerprint density at radius 1 is 0.447 bits per heavy atom. The maximum absolute atomic E-state index is 6.15. The van der Waals surface area contributed by atoms with Gasteiger partial charge >= 0.3 is 0 Å². The van der Waals surface area contributed by atoms with Crippen molar-refractivity contribution in [1.29, 1.82) is 0 Å². The smallest absolute Gasteiger partial charge is 0.0720 e. The minimum atomic E-state index is 0.251. The summed E-state index contributed by atoms with van der Waals surface area (Å²) in [6.45, 7) is 25.8. The van der Waals surface area contributed by atoms with E-state index in [9.17, 15) is 0 Å². The third-order valence-corrected chi connectivity index (χ3v) is 9.68. The lowest BCUT2D eigenvalue weighted by Gasteiger charge is -2.31. The first-order chi connectivity index (χ1) is 18.2. The van der Waals surface area contributed by atoms with Crippen LogP contribution in [0.5, 0.6) is 0 Å². The van der Waals surface area contributed by atoms with Crippen LogP contribution in [-0.4, -0.2) is 13.2 Å². The molecular formula is C36H58O2. The Labute approximate surface area is 235 Å². The fourth-order valence-electron chi connectivity index (χ4n) is 5.86. The van der Waals surface area contributed by atoms with Gasteiger partial charge in [-0.1, -0.05) is 93.5 Å². The first-order valence-electron chi connectivity index (χ1n) is 15.7. The molecule has 0 aromatic heterocycles. The van der Waals surface area contributed by atoms with Crippen LogP contribution in [0, 0.1) is 0 Å². The minimum absolute atomic E-state index is 0.251. The van der Waals surface area contributed by atoms with Gasteiger partial charge < -0.3 is 9.47 Å². The van der Waals surface area contributed by atoms with E-state index in [-0.39, 0.29) is 10.8 Å². The number of hydrogen-bond donors (Lipinski definition) is 0. The Hall–Kier alpha value is -1.64. The molecule has 0 heterocycles. The molecule has 0 unspecified atom stereocenters. The van der Waals surface area contributed by atoms with Crippen LogP contribution in [0.2, 0.25) is 0 Å². The molecule has 0 bridgehead atoms. The summed E-state index contributed by atoms with van der Waals surface area (Å²) in [4.78, 5) is 0. The molecule has 2 aromatic rings. The molecule has 0 saturated heterocycles. The summed E-state index contributed by atoms with van der Waals surface area (Å²) in [5.74, 6) is 0. The second-order valence-electron chi connectivity index (χ2n) is 11.6. The predicted octanol–water partition coefficient (Wildman–Crippen LogP) is 9.82. The van der Waals surface area contributed by atoms with E-state index in [0.29, 0.717) is 26.4 Å². The van der Waals surface area contributed by atoms with Crippen LogP contribution in [0.25, 0.3) is 0 Å². The lowest BCUT2D eigenvalue weighted by molar-refractivity contribution is 0.0334. The first kappa shape index (κ1) is 32.6. The van der Waals surface area contributed by atoms with Gasteiger partial charge in [-0.25, -0.2) is 0 Å². The zero-order chi connectivity index (χ0) is 28.3. The predicted molar refractivity (Wildman–Crippen MR) is 166 cm³/mol. The van der Waals surface area contributed by atoms with E-state index in [4.69, 9.17) is 9.47 Å². The molecule has 214 valence electrons. The number of aryl methyl sites for hydroxylation is 4. The van der Waals surface area contributed by atoms with Gasteiger partial charge in [-0.3, -0.25) is 0 Å². The number of benzene rings is 2. The van der Waals surface area contributed by atoms with Gasteiger partial charge in [0.05, 0.1) is 26.4 Å². The largest absolute Gasteiger partial charge is 0.374 e. The van der Waals surface area contributed by atoms with Crippen LogP contribution in [0.3, 0.4) is 0 Å². The molecular weight excluding hydrogens is 464 g/mol. The topological polar surface area (TPSA) is 18.5 Å². The van der Waals surface area contributed by atoms with Gasteiger partial charge in [0.25, 0.3) is 0 Å². The average molecular weight is 523 g/mol. The Balaban J connectivity index is 2.04. The number of ether oxygens (including phenoxy) is 2. The van der Waals surface area contributed by atoms with E-state index in [1.165, 1.54) is 70.2 Å². The average Bonchev–Trinajstić information content (AvgIpc) is 2.96. The van der Waals surface area contributed by atoms with Crippen molar-refractivity contribution < 1.29 is 9.47 Å². The first-order valence-corrected chi connectivity index (χ1v) is 15.7. The molecule has 2 rings (SSSR count). The Morgan fingerprint density at radius 2 is 0.763 bits per heavy atom. The molecule has 2 heteroatoms. The molecule has 0 atom stereocenters. The number of rotatable bonds is 17. The van der Waals surface area contributed by atoms with Crippen molar-refractivity contribution >= 4 is 0 Å². The fourth-order valence-corrected chi connectivity index (χ4v) is 5.86. The van der Waals surface area contributed by atoms with E-state index >= 15 is 0 Å². The van der Waals surface area contributed by atoms with Gasteiger partial charge in [0.1, 0.15) is 0 Å². The summed E-state index contributed by atoms with van der Waals surface area (Å²) < 4.78 is 12.3. The van der Waals surface area contributed by atoms with Crippen molar-refractivity contribution in [3.8, 4) is 0 Å². The van der Waals surface area contributed by atoms with Gasteiger partial charge in [0.15, 0.2) is 0 Å². The summed E-state index contributed by atoms with van der Waals surface area (Å²) in [6.07, 6.45) is 8.91. The standard InChI is InChI=1S/C36H58O2/c1-11-27-23-33(35(9,15-5)16-6)29(13-3)21-31(27)25-37-19-20-38-26-32-22-30(14-4)34(24-28(32)12-2)36(10,17-7)18-8/h21-24H,11-20,25-26H2,1-10H3. The van der Waals surface area contributed by atoms with Crippen LogP contribution in [-0.2, 0) is 59.2 Å². The van der Waals surface area contributed by atoms with Gasteiger partial charge in [0.2, 0.25) is 0 Å².